The summed E-state index contributed by atoms with van der Waals surface area (Å²) in [6.07, 6.45) is 3.64. The Morgan fingerprint density at radius 1 is 1.39 bits per heavy atom. The van der Waals surface area contributed by atoms with Crippen molar-refractivity contribution in [3.8, 4) is 11.5 Å². The average Bonchev–Trinajstić information content (AvgIpc) is 2.26. The SMILES string of the molecule is COc1cc([C@@H](N)C2CCC2)ccc1OC(C)=O. The van der Waals surface area contributed by atoms with E-state index in [-0.39, 0.29) is 12.0 Å². The lowest BCUT2D eigenvalue weighted by Crippen LogP contribution is -2.26. The summed E-state index contributed by atoms with van der Waals surface area (Å²) in [6.45, 7) is 1.37. The summed E-state index contributed by atoms with van der Waals surface area (Å²) in [5, 5.41) is 0. The molecule has 18 heavy (non-hydrogen) atoms. The summed E-state index contributed by atoms with van der Waals surface area (Å²) in [5.74, 6) is 1.20. The minimum absolute atomic E-state index is 0.0408. The molecule has 2 rings (SSSR count). The van der Waals surface area contributed by atoms with Gasteiger partial charge in [0.15, 0.2) is 11.5 Å². The number of carbonyl (C=O) groups excluding carboxylic acids is 1. The van der Waals surface area contributed by atoms with E-state index in [9.17, 15) is 4.79 Å². The van der Waals surface area contributed by atoms with Crippen molar-refractivity contribution >= 4 is 5.97 Å². The molecule has 1 aromatic rings. The molecule has 98 valence electrons. The van der Waals surface area contributed by atoms with E-state index in [1.807, 2.05) is 12.1 Å². The van der Waals surface area contributed by atoms with Crippen molar-refractivity contribution in [1.82, 2.24) is 0 Å². The van der Waals surface area contributed by atoms with Gasteiger partial charge in [-0.3, -0.25) is 4.79 Å². The van der Waals surface area contributed by atoms with E-state index in [0.29, 0.717) is 17.4 Å². The number of methoxy groups -OCH3 is 1. The van der Waals surface area contributed by atoms with Crippen LogP contribution in [0.5, 0.6) is 11.5 Å². The molecule has 0 unspecified atom stereocenters. The van der Waals surface area contributed by atoms with Gasteiger partial charge in [0.25, 0.3) is 0 Å². The highest BCUT2D eigenvalue weighted by Gasteiger charge is 2.26. The quantitative estimate of drug-likeness (QED) is 0.657. The van der Waals surface area contributed by atoms with Gasteiger partial charge < -0.3 is 15.2 Å². The van der Waals surface area contributed by atoms with E-state index in [2.05, 4.69) is 0 Å². The van der Waals surface area contributed by atoms with Gasteiger partial charge in [-0.05, 0) is 36.5 Å². The first-order valence-electron chi connectivity index (χ1n) is 6.23. The number of hydrogen-bond acceptors (Lipinski definition) is 4. The van der Waals surface area contributed by atoms with Crippen molar-refractivity contribution in [3.05, 3.63) is 23.8 Å². The predicted octanol–water partition coefficient (Wildman–Crippen LogP) is 2.42. The van der Waals surface area contributed by atoms with Crippen LogP contribution in [0.15, 0.2) is 18.2 Å². The van der Waals surface area contributed by atoms with Crippen molar-refractivity contribution in [2.24, 2.45) is 11.7 Å². The molecule has 1 fully saturated rings. The van der Waals surface area contributed by atoms with Gasteiger partial charge in [-0.15, -0.1) is 0 Å². The zero-order valence-corrected chi connectivity index (χ0v) is 10.8. The van der Waals surface area contributed by atoms with E-state index in [4.69, 9.17) is 15.2 Å². The molecule has 1 aliphatic carbocycles. The fourth-order valence-electron chi connectivity index (χ4n) is 2.20. The van der Waals surface area contributed by atoms with Gasteiger partial charge in [0.2, 0.25) is 0 Å². The van der Waals surface area contributed by atoms with Crippen LogP contribution in [-0.4, -0.2) is 13.1 Å². The molecular formula is C14H19NO3. The lowest BCUT2D eigenvalue weighted by atomic mass is 9.77. The molecule has 1 atom stereocenters. The number of nitrogens with two attached hydrogens (primary N) is 1. The Labute approximate surface area is 107 Å². The molecule has 4 nitrogen and oxygen atoms in total. The second-order valence-corrected chi connectivity index (χ2v) is 4.72. The maximum Gasteiger partial charge on any atom is 0.308 e. The predicted molar refractivity (Wildman–Crippen MR) is 68.6 cm³/mol. The first kappa shape index (κ1) is 12.9. The van der Waals surface area contributed by atoms with Crippen LogP contribution in [0.1, 0.15) is 37.8 Å². The molecule has 1 aliphatic rings. The molecule has 1 saturated carbocycles. The van der Waals surface area contributed by atoms with Gasteiger partial charge in [-0.25, -0.2) is 0 Å². The van der Waals surface area contributed by atoms with Crippen molar-refractivity contribution in [1.29, 1.82) is 0 Å². The summed E-state index contributed by atoms with van der Waals surface area (Å²) in [5.41, 5.74) is 7.25. The van der Waals surface area contributed by atoms with E-state index in [1.165, 1.54) is 26.2 Å². The Bertz CT molecular complexity index is 441. The van der Waals surface area contributed by atoms with Crippen LogP contribution in [0.3, 0.4) is 0 Å². The molecule has 0 bridgehead atoms. The first-order chi connectivity index (χ1) is 8.61. The third-order valence-electron chi connectivity index (χ3n) is 3.48. The summed E-state index contributed by atoms with van der Waals surface area (Å²) < 4.78 is 10.3. The molecule has 0 amide bonds. The lowest BCUT2D eigenvalue weighted by molar-refractivity contribution is -0.132. The highest BCUT2D eigenvalue weighted by molar-refractivity contribution is 5.70. The van der Waals surface area contributed by atoms with Crippen LogP contribution < -0.4 is 15.2 Å². The average molecular weight is 249 g/mol. The second kappa shape index (κ2) is 5.40. The number of benzene rings is 1. The number of esters is 1. The van der Waals surface area contributed by atoms with Crippen molar-refractivity contribution in [3.63, 3.8) is 0 Å². The van der Waals surface area contributed by atoms with Crippen LogP contribution in [-0.2, 0) is 4.79 Å². The molecule has 1 aromatic carbocycles. The molecule has 4 heteroatoms. The lowest BCUT2D eigenvalue weighted by Gasteiger charge is -2.31. The molecular weight excluding hydrogens is 230 g/mol. The molecule has 0 aromatic heterocycles. The number of ether oxygens (including phenoxy) is 2. The van der Waals surface area contributed by atoms with Crippen LogP contribution in [0.2, 0.25) is 0 Å². The van der Waals surface area contributed by atoms with E-state index >= 15 is 0 Å². The van der Waals surface area contributed by atoms with Crippen molar-refractivity contribution in [2.45, 2.75) is 32.2 Å². The van der Waals surface area contributed by atoms with Crippen LogP contribution >= 0.6 is 0 Å². The van der Waals surface area contributed by atoms with Gasteiger partial charge in [-0.2, -0.15) is 0 Å². The Morgan fingerprint density at radius 2 is 2.11 bits per heavy atom. The summed E-state index contributed by atoms with van der Waals surface area (Å²) in [7, 11) is 1.56. The molecule has 0 radical (unpaired) electrons. The van der Waals surface area contributed by atoms with E-state index in [0.717, 1.165) is 5.56 Å². The largest absolute Gasteiger partial charge is 0.493 e. The summed E-state index contributed by atoms with van der Waals surface area (Å²) >= 11 is 0. The zero-order chi connectivity index (χ0) is 13.1. The molecule has 0 heterocycles. The van der Waals surface area contributed by atoms with Gasteiger partial charge >= 0.3 is 5.97 Å². The molecule has 0 spiro atoms. The van der Waals surface area contributed by atoms with Gasteiger partial charge in [0.05, 0.1) is 7.11 Å². The van der Waals surface area contributed by atoms with Crippen molar-refractivity contribution in [2.75, 3.05) is 7.11 Å². The minimum atomic E-state index is -0.357. The highest BCUT2D eigenvalue weighted by atomic mass is 16.6. The van der Waals surface area contributed by atoms with Gasteiger partial charge in [0, 0.05) is 13.0 Å². The Hall–Kier alpha value is -1.55. The number of carbonyl (C=O) groups is 1. The Morgan fingerprint density at radius 3 is 2.61 bits per heavy atom. The third-order valence-corrected chi connectivity index (χ3v) is 3.48. The van der Waals surface area contributed by atoms with Crippen LogP contribution in [0.4, 0.5) is 0 Å². The first-order valence-corrected chi connectivity index (χ1v) is 6.23. The highest BCUT2D eigenvalue weighted by Crippen LogP contribution is 2.38. The minimum Gasteiger partial charge on any atom is -0.493 e. The summed E-state index contributed by atoms with van der Waals surface area (Å²) in [6, 6.07) is 5.55. The van der Waals surface area contributed by atoms with Crippen LogP contribution in [0, 0.1) is 5.92 Å². The van der Waals surface area contributed by atoms with Crippen molar-refractivity contribution < 1.29 is 14.3 Å². The Kier molecular flexibility index (Phi) is 3.87. The summed E-state index contributed by atoms with van der Waals surface area (Å²) in [4.78, 5) is 11.0. The van der Waals surface area contributed by atoms with Crippen LogP contribution in [0.25, 0.3) is 0 Å². The van der Waals surface area contributed by atoms with Gasteiger partial charge in [0.1, 0.15) is 0 Å². The maximum atomic E-state index is 11.0. The molecule has 0 aliphatic heterocycles. The standard InChI is InChI=1S/C14H19NO3/c1-9(16)18-12-7-6-11(8-13(12)17-2)14(15)10-4-3-5-10/h6-8,10,14H,3-5,15H2,1-2H3/t14-/m0/s1. The fourth-order valence-corrected chi connectivity index (χ4v) is 2.20. The third kappa shape index (κ3) is 2.64. The second-order valence-electron chi connectivity index (χ2n) is 4.72. The monoisotopic (exact) mass is 249 g/mol. The number of rotatable bonds is 4. The topological polar surface area (TPSA) is 61.6 Å². The normalized spacial score (nSPS) is 16.8. The van der Waals surface area contributed by atoms with E-state index in [1.54, 1.807) is 13.2 Å². The van der Waals surface area contributed by atoms with Gasteiger partial charge in [-0.1, -0.05) is 12.5 Å². The maximum absolute atomic E-state index is 11.0. The Balaban J connectivity index is 2.20. The number of hydrogen-bond donors (Lipinski definition) is 1. The molecule has 2 N–H and O–H groups in total. The fraction of sp³-hybridized carbons (Fsp3) is 0.500. The zero-order valence-electron chi connectivity index (χ0n) is 10.8. The van der Waals surface area contributed by atoms with E-state index < -0.39 is 0 Å². The smallest absolute Gasteiger partial charge is 0.308 e. The molecule has 0 saturated heterocycles.